The van der Waals surface area contributed by atoms with E-state index in [0.717, 1.165) is 0 Å². The van der Waals surface area contributed by atoms with Gasteiger partial charge in [-0.3, -0.25) is 20.2 Å². The number of nitro benzene ring substituents is 2. The molecule has 0 aromatic heterocycles. The molecule has 0 aliphatic heterocycles. The summed E-state index contributed by atoms with van der Waals surface area (Å²) in [7, 11) is 0. The molecule has 0 heterocycles. The summed E-state index contributed by atoms with van der Waals surface area (Å²) in [5.41, 5.74) is 0.967. The second-order valence-corrected chi connectivity index (χ2v) is 3.08. The molecule has 6 N–H and O–H groups in total. The standard InChI is InChI=1S/C7H8N6O7/c8-10-19-6-4(7(14)20-11-9)1-3(12(15)16)2-5(6)13(17)18/h1-2,10-11H,8-9H2. The zero-order valence-corrected chi connectivity index (χ0v) is 9.56. The molecule has 0 radical (unpaired) electrons. The summed E-state index contributed by atoms with van der Waals surface area (Å²) in [6, 6.07) is 1.30. The molecule has 0 atom stereocenters. The molecule has 0 fully saturated rings. The predicted molar refractivity (Wildman–Crippen MR) is 60.4 cm³/mol. The first-order chi connectivity index (χ1) is 9.42. The van der Waals surface area contributed by atoms with Gasteiger partial charge in [0.1, 0.15) is 5.56 Å². The van der Waals surface area contributed by atoms with Crippen LogP contribution in [0.5, 0.6) is 5.75 Å². The van der Waals surface area contributed by atoms with Crippen molar-refractivity contribution in [2.24, 2.45) is 11.7 Å². The first-order valence-corrected chi connectivity index (χ1v) is 4.68. The van der Waals surface area contributed by atoms with Crippen LogP contribution in [0.1, 0.15) is 10.4 Å². The molecule has 0 bridgehead atoms. The van der Waals surface area contributed by atoms with Crippen LogP contribution in [0.15, 0.2) is 12.1 Å². The van der Waals surface area contributed by atoms with Crippen molar-refractivity contribution in [2.45, 2.75) is 0 Å². The van der Waals surface area contributed by atoms with Gasteiger partial charge in [-0.15, -0.1) is 0 Å². The maximum atomic E-state index is 11.5. The highest BCUT2D eigenvalue weighted by atomic mass is 16.7. The van der Waals surface area contributed by atoms with E-state index < -0.39 is 38.5 Å². The van der Waals surface area contributed by atoms with Crippen molar-refractivity contribution in [1.29, 1.82) is 0 Å². The Morgan fingerprint density at radius 1 is 1.15 bits per heavy atom. The van der Waals surface area contributed by atoms with Gasteiger partial charge in [-0.2, -0.15) is 0 Å². The van der Waals surface area contributed by atoms with E-state index in [9.17, 15) is 25.0 Å². The molecule has 0 unspecified atom stereocenters. The number of nitrogens with two attached hydrogens (primary N) is 2. The third-order valence-electron chi connectivity index (χ3n) is 1.99. The molecule has 20 heavy (non-hydrogen) atoms. The zero-order valence-electron chi connectivity index (χ0n) is 9.56. The highest BCUT2D eigenvalue weighted by Gasteiger charge is 2.30. The molecule has 13 nitrogen and oxygen atoms in total. The normalized spacial score (nSPS) is 9.90. The average Bonchev–Trinajstić information content (AvgIpc) is 2.38. The lowest BCUT2D eigenvalue weighted by Crippen LogP contribution is -2.29. The second-order valence-electron chi connectivity index (χ2n) is 3.08. The number of hydrogen-bond acceptors (Lipinski definition) is 11. The van der Waals surface area contributed by atoms with Crippen molar-refractivity contribution in [3.63, 3.8) is 0 Å². The van der Waals surface area contributed by atoms with Crippen LogP contribution in [-0.2, 0) is 4.84 Å². The number of carbonyl (C=O) groups is 1. The van der Waals surface area contributed by atoms with Crippen LogP contribution in [0.2, 0.25) is 0 Å². The van der Waals surface area contributed by atoms with Gasteiger partial charge in [-0.1, -0.05) is 11.2 Å². The van der Waals surface area contributed by atoms with Gasteiger partial charge in [0, 0.05) is 6.07 Å². The van der Waals surface area contributed by atoms with E-state index in [1.807, 2.05) is 0 Å². The van der Waals surface area contributed by atoms with Crippen molar-refractivity contribution in [3.8, 4) is 5.75 Å². The Morgan fingerprint density at radius 3 is 2.25 bits per heavy atom. The Morgan fingerprint density at radius 2 is 1.80 bits per heavy atom. The summed E-state index contributed by atoms with van der Waals surface area (Å²) >= 11 is 0. The van der Waals surface area contributed by atoms with Crippen molar-refractivity contribution in [1.82, 2.24) is 11.2 Å². The summed E-state index contributed by atoms with van der Waals surface area (Å²) in [5.74, 6) is 7.68. The van der Waals surface area contributed by atoms with Crippen molar-refractivity contribution in [3.05, 3.63) is 37.9 Å². The Hall–Kier alpha value is -2.87. The minimum Gasteiger partial charge on any atom is -0.386 e. The molecule has 108 valence electrons. The lowest BCUT2D eigenvalue weighted by Gasteiger charge is -2.08. The third-order valence-corrected chi connectivity index (χ3v) is 1.99. The highest BCUT2D eigenvalue weighted by Crippen LogP contribution is 2.35. The molecule has 1 rings (SSSR count). The van der Waals surface area contributed by atoms with Gasteiger partial charge in [-0.05, 0) is 0 Å². The number of nitro groups is 2. The minimum absolute atomic E-state index is 0.597. The van der Waals surface area contributed by atoms with E-state index in [4.69, 9.17) is 11.7 Å². The minimum atomic E-state index is -1.25. The number of non-ortho nitro benzene ring substituents is 1. The van der Waals surface area contributed by atoms with Crippen LogP contribution in [0.3, 0.4) is 0 Å². The number of hydrogen-bond donors (Lipinski definition) is 4. The van der Waals surface area contributed by atoms with E-state index in [2.05, 4.69) is 9.68 Å². The molecule has 0 aliphatic carbocycles. The zero-order chi connectivity index (χ0) is 15.3. The van der Waals surface area contributed by atoms with E-state index in [1.165, 1.54) is 5.59 Å². The molecule has 0 spiro atoms. The van der Waals surface area contributed by atoms with E-state index in [1.54, 1.807) is 5.59 Å². The summed E-state index contributed by atoms with van der Waals surface area (Å²) in [4.78, 5) is 39.8. The van der Waals surface area contributed by atoms with Crippen LogP contribution < -0.4 is 27.7 Å². The fourth-order valence-electron chi connectivity index (χ4n) is 1.27. The Balaban J connectivity index is 3.54. The van der Waals surface area contributed by atoms with Gasteiger partial charge in [0.2, 0.25) is 5.75 Å². The quantitative estimate of drug-likeness (QED) is 0.278. The van der Waals surface area contributed by atoms with Gasteiger partial charge in [0.25, 0.3) is 5.69 Å². The first-order valence-electron chi connectivity index (χ1n) is 4.68. The maximum Gasteiger partial charge on any atom is 0.362 e. The van der Waals surface area contributed by atoms with E-state index in [-0.39, 0.29) is 0 Å². The SMILES string of the molecule is NNOC(=O)c1cc([N+](=O)[O-])cc([N+](=O)[O-])c1ONN. The molecule has 1 aromatic rings. The number of nitrogens with zero attached hydrogens (tertiary/aromatic N) is 2. The van der Waals surface area contributed by atoms with E-state index in [0.29, 0.717) is 12.1 Å². The summed E-state index contributed by atoms with van der Waals surface area (Å²) in [6.45, 7) is 0. The Bertz CT molecular complexity index is 561. The first kappa shape index (κ1) is 15.2. The molecular formula is C7H8N6O7. The number of carbonyl (C=O) groups excluding carboxylic acids is 1. The fraction of sp³-hybridized carbons (Fsp3) is 0. The molecule has 0 saturated heterocycles. The van der Waals surface area contributed by atoms with Crippen molar-refractivity contribution < 1.29 is 24.3 Å². The van der Waals surface area contributed by atoms with Gasteiger partial charge in [-0.25, -0.2) is 16.5 Å². The molecule has 1 aromatic carbocycles. The highest BCUT2D eigenvalue weighted by molar-refractivity contribution is 5.95. The van der Waals surface area contributed by atoms with Gasteiger partial charge < -0.3 is 9.68 Å². The third kappa shape index (κ3) is 3.12. The van der Waals surface area contributed by atoms with Crippen LogP contribution in [0, 0.1) is 20.2 Å². The summed E-state index contributed by atoms with van der Waals surface area (Å²) in [5, 5.41) is 21.5. The molecular weight excluding hydrogens is 280 g/mol. The van der Waals surface area contributed by atoms with Gasteiger partial charge >= 0.3 is 11.7 Å². The van der Waals surface area contributed by atoms with Crippen LogP contribution in [0.4, 0.5) is 11.4 Å². The molecule has 0 aliphatic rings. The van der Waals surface area contributed by atoms with Crippen molar-refractivity contribution >= 4 is 17.3 Å². The van der Waals surface area contributed by atoms with Gasteiger partial charge in [0.15, 0.2) is 0 Å². The Labute approximate surface area is 109 Å². The van der Waals surface area contributed by atoms with Crippen LogP contribution in [-0.4, -0.2) is 15.8 Å². The topological polar surface area (TPSA) is 198 Å². The van der Waals surface area contributed by atoms with Crippen molar-refractivity contribution in [2.75, 3.05) is 0 Å². The second kappa shape index (κ2) is 6.34. The number of hydrazine groups is 2. The summed E-state index contributed by atoms with van der Waals surface area (Å²) < 4.78 is 0. The molecule has 13 heteroatoms. The molecule has 0 amide bonds. The fourth-order valence-corrected chi connectivity index (χ4v) is 1.27. The molecule has 0 saturated carbocycles. The largest absolute Gasteiger partial charge is 0.386 e. The average molecular weight is 288 g/mol. The summed E-state index contributed by atoms with van der Waals surface area (Å²) in [6.07, 6.45) is 0. The number of benzene rings is 1. The van der Waals surface area contributed by atoms with Crippen LogP contribution in [0.25, 0.3) is 0 Å². The van der Waals surface area contributed by atoms with Crippen LogP contribution >= 0.6 is 0 Å². The maximum absolute atomic E-state index is 11.5. The lowest BCUT2D eigenvalue weighted by molar-refractivity contribution is -0.395. The Kier molecular flexibility index (Phi) is 4.82. The number of rotatable bonds is 6. The smallest absolute Gasteiger partial charge is 0.362 e. The predicted octanol–water partition coefficient (Wildman–Crippen LogP) is -1.20. The van der Waals surface area contributed by atoms with Gasteiger partial charge in [0.05, 0.1) is 15.9 Å². The monoisotopic (exact) mass is 288 g/mol. The number of nitrogens with one attached hydrogen (secondary N) is 2. The van der Waals surface area contributed by atoms with E-state index >= 15 is 0 Å². The lowest BCUT2D eigenvalue weighted by atomic mass is 10.1.